The number of carbonyl (C=O) groups is 4. The summed E-state index contributed by atoms with van der Waals surface area (Å²) in [6.45, 7) is 4.50. The molecule has 11 nitrogen and oxygen atoms in total. The van der Waals surface area contributed by atoms with Gasteiger partial charge in [-0.15, -0.1) is 12.4 Å². The highest BCUT2D eigenvalue weighted by molar-refractivity contribution is 6.08. The van der Waals surface area contributed by atoms with E-state index in [1.165, 1.54) is 19.2 Å². The molecule has 1 aliphatic carbocycles. The summed E-state index contributed by atoms with van der Waals surface area (Å²) < 4.78 is 5.10. The number of aromatic carboxylic acids is 1. The fourth-order valence-corrected chi connectivity index (χ4v) is 7.18. The number of unbranched alkanes of at least 4 members (excludes halogenated alkanes) is 1. The SMILES string of the molecule is CCCCN1C(=O)[C@@H](CC2(O)CCCCC2)NC(=O)C12CCN(Cc1ccc(C(=O)Nc3ccc(OC)cc3C(=O)O)cc1)CC2.Cl. The van der Waals surface area contributed by atoms with Crippen LogP contribution in [-0.4, -0.2) is 87.6 Å². The van der Waals surface area contributed by atoms with Crippen molar-refractivity contribution in [3.8, 4) is 5.75 Å². The zero-order chi connectivity index (χ0) is 32.9. The number of piperazine rings is 1. The van der Waals surface area contributed by atoms with Crippen molar-refractivity contribution in [1.29, 1.82) is 0 Å². The van der Waals surface area contributed by atoms with Gasteiger partial charge in [-0.25, -0.2) is 4.79 Å². The molecule has 2 aromatic carbocycles. The van der Waals surface area contributed by atoms with E-state index in [2.05, 4.69) is 22.5 Å². The number of anilines is 1. The molecule has 4 N–H and O–H groups in total. The lowest BCUT2D eigenvalue weighted by Gasteiger charge is -2.52. The molecule has 5 rings (SSSR count). The number of piperidine rings is 1. The second-order valence-electron chi connectivity index (χ2n) is 13.0. The van der Waals surface area contributed by atoms with Crippen molar-refractivity contribution in [2.75, 3.05) is 32.1 Å². The number of nitrogens with one attached hydrogen (secondary N) is 2. The molecule has 0 aromatic heterocycles. The molecule has 2 heterocycles. The van der Waals surface area contributed by atoms with Gasteiger partial charge in [0.25, 0.3) is 5.91 Å². The number of rotatable bonds is 11. The zero-order valence-corrected chi connectivity index (χ0v) is 28.1. The zero-order valence-electron chi connectivity index (χ0n) is 27.3. The van der Waals surface area contributed by atoms with E-state index in [1.54, 1.807) is 18.2 Å². The van der Waals surface area contributed by atoms with Crippen LogP contribution in [0.5, 0.6) is 5.75 Å². The topological polar surface area (TPSA) is 149 Å². The number of hydrogen-bond acceptors (Lipinski definition) is 7. The fraction of sp³-hybridized carbons (Fsp3) is 0.543. The monoisotopic (exact) mass is 670 g/mol. The van der Waals surface area contributed by atoms with Crippen LogP contribution in [0.4, 0.5) is 5.69 Å². The largest absolute Gasteiger partial charge is 0.497 e. The smallest absolute Gasteiger partial charge is 0.337 e. The summed E-state index contributed by atoms with van der Waals surface area (Å²) in [5.41, 5.74) is -0.276. The van der Waals surface area contributed by atoms with Crippen LogP contribution in [0, 0.1) is 0 Å². The summed E-state index contributed by atoms with van der Waals surface area (Å²) >= 11 is 0. The summed E-state index contributed by atoms with van der Waals surface area (Å²) in [7, 11) is 1.44. The van der Waals surface area contributed by atoms with Crippen LogP contribution >= 0.6 is 12.4 Å². The number of carboxylic acid groups (broad SMARTS) is 1. The first kappa shape index (κ1) is 36.2. The minimum absolute atomic E-state index is 0. The van der Waals surface area contributed by atoms with E-state index in [-0.39, 0.29) is 41.9 Å². The molecular weight excluding hydrogens is 624 g/mol. The van der Waals surface area contributed by atoms with E-state index < -0.39 is 29.1 Å². The number of nitrogens with zero attached hydrogens (tertiary/aromatic N) is 2. The Morgan fingerprint density at radius 2 is 1.70 bits per heavy atom. The average molecular weight is 671 g/mol. The van der Waals surface area contributed by atoms with Crippen molar-refractivity contribution in [1.82, 2.24) is 15.1 Å². The summed E-state index contributed by atoms with van der Waals surface area (Å²) in [5, 5.41) is 26.4. The van der Waals surface area contributed by atoms with Gasteiger partial charge in [0, 0.05) is 38.2 Å². The normalized spacial score (nSPS) is 20.7. The summed E-state index contributed by atoms with van der Waals surface area (Å²) in [6, 6.07) is 10.9. The Morgan fingerprint density at radius 3 is 2.32 bits per heavy atom. The minimum Gasteiger partial charge on any atom is -0.497 e. The Labute approximate surface area is 282 Å². The van der Waals surface area contributed by atoms with Gasteiger partial charge < -0.3 is 30.5 Å². The molecule has 1 atom stereocenters. The van der Waals surface area contributed by atoms with Crippen molar-refractivity contribution >= 4 is 41.8 Å². The van der Waals surface area contributed by atoms with Crippen LogP contribution in [0.1, 0.15) is 97.4 Å². The lowest BCUT2D eigenvalue weighted by molar-refractivity contribution is -0.163. The first-order valence-electron chi connectivity index (χ1n) is 16.5. The molecule has 0 unspecified atom stereocenters. The lowest BCUT2D eigenvalue weighted by Crippen LogP contribution is -2.73. The Kier molecular flexibility index (Phi) is 11.9. The van der Waals surface area contributed by atoms with Crippen LogP contribution in [-0.2, 0) is 16.1 Å². The number of likely N-dealkylation sites (tertiary alicyclic amines) is 1. The second-order valence-corrected chi connectivity index (χ2v) is 13.0. The molecule has 0 radical (unpaired) electrons. The molecule has 3 aliphatic rings. The molecule has 1 spiro atoms. The Morgan fingerprint density at radius 1 is 1.02 bits per heavy atom. The second kappa shape index (κ2) is 15.5. The van der Waals surface area contributed by atoms with Crippen LogP contribution in [0.2, 0.25) is 0 Å². The summed E-state index contributed by atoms with van der Waals surface area (Å²) in [5.74, 6) is -1.39. The molecule has 2 aromatic rings. The molecule has 0 bridgehead atoms. The number of aliphatic hydroxyl groups is 1. The number of methoxy groups -OCH3 is 1. The van der Waals surface area contributed by atoms with Gasteiger partial charge in [-0.3, -0.25) is 19.3 Å². The maximum absolute atomic E-state index is 13.8. The number of benzene rings is 2. The minimum atomic E-state index is -1.17. The molecular formula is C35H47ClN4O7. The van der Waals surface area contributed by atoms with Crippen LogP contribution in [0.15, 0.2) is 42.5 Å². The predicted octanol–water partition coefficient (Wildman–Crippen LogP) is 4.61. The van der Waals surface area contributed by atoms with Gasteiger partial charge in [0.1, 0.15) is 17.3 Å². The summed E-state index contributed by atoms with van der Waals surface area (Å²) in [4.78, 5) is 56.3. The van der Waals surface area contributed by atoms with Crippen molar-refractivity contribution in [2.45, 2.75) is 94.9 Å². The first-order valence-corrected chi connectivity index (χ1v) is 16.5. The van der Waals surface area contributed by atoms with Crippen molar-refractivity contribution in [2.24, 2.45) is 0 Å². The quantitative estimate of drug-likeness (QED) is 0.271. The number of ether oxygens (including phenoxy) is 1. The Balaban J connectivity index is 0.00000500. The van der Waals surface area contributed by atoms with Gasteiger partial charge >= 0.3 is 5.97 Å². The molecule has 1 saturated carbocycles. The first-order chi connectivity index (χ1) is 22.1. The fourth-order valence-electron chi connectivity index (χ4n) is 7.18. The van der Waals surface area contributed by atoms with Crippen LogP contribution in [0.3, 0.4) is 0 Å². The number of carboxylic acids is 1. The predicted molar refractivity (Wildman–Crippen MR) is 180 cm³/mol. The molecule has 3 fully saturated rings. The lowest BCUT2D eigenvalue weighted by atomic mass is 9.77. The van der Waals surface area contributed by atoms with Crippen molar-refractivity contribution in [3.05, 3.63) is 59.2 Å². The third-order valence-electron chi connectivity index (χ3n) is 9.92. The molecule has 256 valence electrons. The van der Waals surface area contributed by atoms with Gasteiger partial charge in [0.15, 0.2) is 0 Å². The molecule has 12 heteroatoms. The van der Waals surface area contributed by atoms with Crippen molar-refractivity contribution in [3.63, 3.8) is 0 Å². The molecule has 2 saturated heterocycles. The van der Waals surface area contributed by atoms with Gasteiger partial charge in [-0.2, -0.15) is 0 Å². The van der Waals surface area contributed by atoms with Crippen LogP contribution in [0.25, 0.3) is 0 Å². The highest BCUT2D eigenvalue weighted by Gasteiger charge is 2.54. The maximum atomic E-state index is 13.8. The average Bonchev–Trinajstić information content (AvgIpc) is 3.05. The van der Waals surface area contributed by atoms with Gasteiger partial charge in [-0.05, 0) is 68.0 Å². The molecule has 2 aliphatic heterocycles. The third kappa shape index (κ3) is 8.08. The van der Waals surface area contributed by atoms with Gasteiger partial charge in [0.2, 0.25) is 11.8 Å². The third-order valence-corrected chi connectivity index (χ3v) is 9.92. The van der Waals surface area contributed by atoms with E-state index in [9.17, 15) is 29.4 Å². The van der Waals surface area contributed by atoms with Crippen LogP contribution < -0.4 is 15.4 Å². The van der Waals surface area contributed by atoms with Crippen molar-refractivity contribution < 1.29 is 34.1 Å². The number of amides is 3. The Hall–Kier alpha value is -3.67. The summed E-state index contributed by atoms with van der Waals surface area (Å²) in [6.07, 6.45) is 7.37. The van der Waals surface area contributed by atoms with E-state index in [4.69, 9.17) is 4.74 Å². The number of hydrogen-bond donors (Lipinski definition) is 4. The van der Waals surface area contributed by atoms with E-state index in [0.29, 0.717) is 63.2 Å². The van der Waals surface area contributed by atoms with E-state index in [0.717, 1.165) is 37.7 Å². The number of carbonyl (C=O) groups excluding carboxylic acids is 3. The number of halogens is 1. The van der Waals surface area contributed by atoms with E-state index in [1.807, 2.05) is 17.0 Å². The highest BCUT2D eigenvalue weighted by Crippen LogP contribution is 2.37. The maximum Gasteiger partial charge on any atom is 0.337 e. The van der Waals surface area contributed by atoms with Gasteiger partial charge in [0.05, 0.1) is 24.0 Å². The van der Waals surface area contributed by atoms with E-state index >= 15 is 0 Å². The molecule has 47 heavy (non-hydrogen) atoms. The Bertz CT molecular complexity index is 1440. The van der Waals surface area contributed by atoms with Gasteiger partial charge in [-0.1, -0.05) is 44.7 Å². The standard InChI is InChI=1S/C35H46N4O7.ClH/c1-3-4-18-39-31(41)29(22-34(45)14-6-5-7-15-34)37-33(44)35(39)16-19-38(20-17-35)23-24-8-10-25(11-9-24)30(40)36-28-13-12-26(46-2)21-27(28)32(42)43;/h8-13,21,29,45H,3-7,14-20,22-23H2,1-2H3,(H,36,40)(H,37,44)(H,42,43);1H/t29-;/m1./s1. The highest BCUT2D eigenvalue weighted by atomic mass is 35.5. The molecule has 3 amide bonds.